The number of benzene rings is 3. The molecule has 130 valence electrons. The van der Waals surface area contributed by atoms with Crippen molar-refractivity contribution in [1.29, 1.82) is 0 Å². The Balaban J connectivity index is 1.96. The van der Waals surface area contributed by atoms with Crippen molar-refractivity contribution in [2.24, 2.45) is 4.99 Å². The van der Waals surface area contributed by atoms with Crippen LogP contribution in [0.25, 0.3) is 11.1 Å². The molecule has 26 heavy (non-hydrogen) atoms. The van der Waals surface area contributed by atoms with Crippen LogP contribution < -0.4 is 0 Å². The first-order chi connectivity index (χ1) is 12.6. The molecule has 0 aromatic heterocycles. The van der Waals surface area contributed by atoms with Gasteiger partial charge >= 0.3 is 0 Å². The maximum atomic E-state index is 10.7. The molecule has 3 aromatic carbocycles. The third-order valence-corrected chi connectivity index (χ3v) is 4.42. The van der Waals surface area contributed by atoms with E-state index in [0.29, 0.717) is 5.56 Å². The lowest BCUT2D eigenvalue weighted by Gasteiger charge is -2.09. The van der Waals surface area contributed by atoms with E-state index < -0.39 is 0 Å². The summed E-state index contributed by atoms with van der Waals surface area (Å²) in [5.41, 5.74) is 6.94. The summed E-state index contributed by atoms with van der Waals surface area (Å²) in [5.74, 6) is 0.251. The highest BCUT2D eigenvalue weighted by molar-refractivity contribution is 5.90. The maximum Gasteiger partial charge on any atom is 0.132 e. The number of nitrogens with zero attached hydrogens (tertiary/aromatic N) is 1. The summed E-state index contributed by atoms with van der Waals surface area (Å²) in [5, 5.41) is 10.7. The second kappa shape index (κ2) is 7.83. The van der Waals surface area contributed by atoms with Crippen LogP contribution in [0.2, 0.25) is 0 Å². The molecule has 0 bridgehead atoms. The molecule has 0 saturated carbocycles. The summed E-state index contributed by atoms with van der Waals surface area (Å²) in [6.45, 7) is 7.92. The van der Waals surface area contributed by atoms with Gasteiger partial charge in [-0.2, -0.15) is 0 Å². The first-order valence-corrected chi connectivity index (χ1v) is 8.72. The Labute approximate surface area is 155 Å². The van der Waals surface area contributed by atoms with Crippen LogP contribution in [0, 0.1) is 13.8 Å². The number of para-hydroxylation sites is 1. The third-order valence-electron chi connectivity index (χ3n) is 4.42. The predicted molar refractivity (Wildman–Crippen MR) is 111 cm³/mol. The maximum absolute atomic E-state index is 10.7. The number of phenols is 1. The van der Waals surface area contributed by atoms with E-state index in [9.17, 15) is 5.11 Å². The van der Waals surface area contributed by atoms with E-state index in [0.717, 1.165) is 34.4 Å². The molecular formula is C24H23NO. The number of aromatic hydroxyl groups is 1. The summed E-state index contributed by atoms with van der Waals surface area (Å²) in [4.78, 5) is 4.66. The second-order valence-corrected chi connectivity index (χ2v) is 6.44. The minimum absolute atomic E-state index is 0.251. The molecule has 3 rings (SSSR count). The van der Waals surface area contributed by atoms with Crippen LogP contribution in [0.15, 0.2) is 78.3 Å². The normalized spacial score (nSPS) is 11.0. The summed E-state index contributed by atoms with van der Waals surface area (Å²) in [7, 11) is 0. The summed E-state index contributed by atoms with van der Waals surface area (Å²) >= 11 is 0. The fourth-order valence-electron chi connectivity index (χ4n) is 3.18. The zero-order valence-corrected chi connectivity index (χ0v) is 15.2. The van der Waals surface area contributed by atoms with Gasteiger partial charge in [0.05, 0.1) is 5.69 Å². The Morgan fingerprint density at radius 3 is 2.31 bits per heavy atom. The summed E-state index contributed by atoms with van der Waals surface area (Å²) in [6.07, 6.45) is 4.50. The summed E-state index contributed by atoms with van der Waals surface area (Å²) < 4.78 is 0. The van der Waals surface area contributed by atoms with Gasteiger partial charge in [-0.05, 0) is 48.6 Å². The molecule has 0 fully saturated rings. The van der Waals surface area contributed by atoms with E-state index in [2.05, 4.69) is 37.6 Å². The van der Waals surface area contributed by atoms with E-state index in [1.165, 1.54) is 5.56 Å². The van der Waals surface area contributed by atoms with E-state index >= 15 is 0 Å². The highest BCUT2D eigenvalue weighted by Crippen LogP contribution is 2.32. The van der Waals surface area contributed by atoms with E-state index in [1.807, 2.05) is 54.6 Å². The minimum atomic E-state index is 0.251. The summed E-state index contributed by atoms with van der Waals surface area (Å²) in [6, 6.07) is 19.9. The Morgan fingerprint density at radius 2 is 1.65 bits per heavy atom. The number of hydrogen-bond donors (Lipinski definition) is 1. The van der Waals surface area contributed by atoms with Crippen LogP contribution in [0.1, 0.15) is 22.3 Å². The lowest BCUT2D eigenvalue weighted by atomic mass is 10.0. The standard InChI is InChI=1S/C24H23NO/c1-4-9-19-14-17(2)23(18(3)15-19)25-16-21-12-8-13-22(24(21)26)20-10-6-5-7-11-20/h4-8,10-16,26H,1,9H2,2-3H3. The van der Waals surface area contributed by atoms with Crippen molar-refractivity contribution in [3.05, 3.63) is 95.6 Å². The van der Waals surface area contributed by atoms with Gasteiger partial charge in [-0.1, -0.05) is 60.7 Å². The molecular weight excluding hydrogens is 318 g/mol. The van der Waals surface area contributed by atoms with Crippen LogP contribution in [0.5, 0.6) is 5.75 Å². The predicted octanol–water partition coefficient (Wildman–Crippen LogP) is 6.16. The van der Waals surface area contributed by atoms with Gasteiger partial charge in [0, 0.05) is 17.3 Å². The molecule has 0 radical (unpaired) electrons. The molecule has 0 heterocycles. The van der Waals surface area contributed by atoms with Crippen LogP contribution in [0.4, 0.5) is 5.69 Å². The fourth-order valence-corrected chi connectivity index (χ4v) is 3.18. The third kappa shape index (κ3) is 3.75. The molecule has 0 spiro atoms. The van der Waals surface area contributed by atoms with Crippen LogP contribution in [-0.2, 0) is 6.42 Å². The molecule has 0 saturated heterocycles. The molecule has 2 heteroatoms. The monoisotopic (exact) mass is 341 g/mol. The molecule has 0 aliphatic carbocycles. The van der Waals surface area contributed by atoms with E-state index in [4.69, 9.17) is 0 Å². The Kier molecular flexibility index (Phi) is 5.33. The molecule has 0 atom stereocenters. The van der Waals surface area contributed by atoms with Gasteiger partial charge in [-0.3, -0.25) is 4.99 Å². The molecule has 0 unspecified atom stereocenters. The lowest BCUT2D eigenvalue weighted by Crippen LogP contribution is -1.90. The molecule has 0 aliphatic rings. The fraction of sp³-hybridized carbons (Fsp3) is 0.125. The minimum Gasteiger partial charge on any atom is -0.507 e. The molecule has 3 aromatic rings. The van der Waals surface area contributed by atoms with Crippen molar-refractivity contribution in [1.82, 2.24) is 0 Å². The second-order valence-electron chi connectivity index (χ2n) is 6.44. The highest BCUT2D eigenvalue weighted by atomic mass is 16.3. The van der Waals surface area contributed by atoms with Crippen LogP contribution in [0.3, 0.4) is 0 Å². The topological polar surface area (TPSA) is 32.6 Å². The largest absolute Gasteiger partial charge is 0.507 e. The zero-order valence-electron chi connectivity index (χ0n) is 15.2. The SMILES string of the molecule is C=CCc1cc(C)c(N=Cc2cccc(-c3ccccc3)c2O)c(C)c1. The van der Waals surface area contributed by atoms with Crippen molar-refractivity contribution in [3.8, 4) is 16.9 Å². The van der Waals surface area contributed by atoms with Gasteiger partial charge in [-0.15, -0.1) is 6.58 Å². The quantitative estimate of drug-likeness (QED) is 0.438. The first-order valence-electron chi connectivity index (χ1n) is 8.72. The van der Waals surface area contributed by atoms with Gasteiger partial charge in [0.1, 0.15) is 5.75 Å². The van der Waals surface area contributed by atoms with Gasteiger partial charge in [0.15, 0.2) is 0 Å². The number of phenolic OH excluding ortho intramolecular Hbond substituents is 1. The average molecular weight is 341 g/mol. The zero-order chi connectivity index (χ0) is 18.5. The Bertz CT molecular complexity index is 932. The van der Waals surface area contributed by atoms with E-state index in [-0.39, 0.29) is 5.75 Å². The van der Waals surface area contributed by atoms with Crippen molar-refractivity contribution in [2.45, 2.75) is 20.3 Å². The van der Waals surface area contributed by atoms with Crippen molar-refractivity contribution < 1.29 is 5.11 Å². The number of allylic oxidation sites excluding steroid dienone is 1. The van der Waals surface area contributed by atoms with Crippen molar-refractivity contribution in [2.75, 3.05) is 0 Å². The van der Waals surface area contributed by atoms with Gasteiger partial charge in [-0.25, -0.2) is 0 Å². The number of aliphatic imine (C=N–C) groups is 1. The molecule has 0 amide bonds. The lowest BCUT2D eigenvalue weighted by molar-refractivity contribution is 0.476. The smallest absolute Gasteiger partial charge is 0.132 e. The Morgan fingerprint density at radius 1 is 0.962 bits per heavy atom. The first kappa shape index (κ1) is 17.7. The molecule has 2 nitrogen and oxygen atoms in total. The van der Waals surface area contributed by atoms with Crippen molar-refractivity contribution >= 4 is 11.9 Å². The van der Waals surface area contributed by atoms with Gasteiger partial charge in [0.2, 0.25) is 0 Å². The number of rotatable bonds is 5. The van der Waals surface area contributed by atoms with Crippen LogP contribution >= 0.6 is 0 Å². The molecule has 1 N–H and O–H groups in total. The number of hydrogen-bond acceptors (Lipinski definition) is 2. The van der Waals surface area contributed by atoms with Crippen molar-refractivity contribution in [3.63, 3.8) is 0 Å². The molecule has 0 aliphatic heterocycles. The average Bonchev–Trinajstić information content (AvgIpc) is 2.63. The van der Waals surface area contributed by atoms with Gasteiger partial charge < -0.3 is 5.11 Å². The highest BCUT2D eigenvalue weighted by Gasteiger charge is 2.08. The van der Waals surface area contributed by atoms with Gasteiger partial charge in [0.25, 0.3) is 0 Å². The van der Waals surface area contributed by atoms with Crippen LogP contribution in [-0.4, -0.2) is 11.3 Å². The number of aryl methyl sites for hydroxylation is 2. The van der Waals surface area contributed by atoms with E-state index in [1.54, 1.807) is 6.21 Å². The Hall–Kier alpha value is -3.13.